The third kappa shape index (κ3) is 1.73. The summed E-state index contributed by atoms with van der Waals surface area (Å²) in [6.07, 6.45) is 3.93. The molecule has 14 heavy (non-hydrogen) atoms. The van der Waals surface area contributed by atoms with Gasteiger partial charge in [-0.05, 0) is 18.1 Å². The molecule has 0 aliphatic heterocycles. The molecule has 0 saturated carbocycles. The predicted molar refractivity (Wildman–Crippen MR) is 51.6 cm³/mol. The number of nitrogens with zero attached hydrogens (tertiary/aromatic N) is 3. The number of imidazole rings is 1. The first-order valence-corrected chi connectivity index (χ1v) is 4.30. The number of aromatic nitrogens is 3. The van der Waals surface area contributed by atoms with Crippen molar-refractivity contribution in [2.75, 3.05) is 6.61 Å². The van der Waals surface area contributed by atoms with Crippen LogP contribution in [0.4, 0.5) is 0 Å². The molecule has 0 saturated heterocycles. The van der Waals surface area contributed by atoms with Crippen LogP contribution in [0.25, 0.3) is 5.65 Å². The average molecular weight is 187 g/mol. The first-order chi connectivity index (χ1) is 6.90. The van der Waals surface area contributed by atoms with Gasteiger partial charge in [0, 0.05) is 18.8 Å². The molecule has 0 radical (unpaired) electrons. The Labute approximate surface area is 81.2 Å². The lowest BCUT2D eigenvalue weighted by Crippen LogP contribution is -1.92. The summed E-state index contributed by atoms with van der Waals surface area (Å²) in [5, 5.41) is 12.8. The monoisotopic (exact) mass is 187 g/mol. The van der Waals surface area contributed by atoms with Gasteiger partial charge in [0.15, 0.2) is 5.65 Å². The van der Waals surface area contributed by atoms with Crippen LogP contribution in [-0.4, -0.2) is 26.3 Å². The molecule has 70 valence electrons. The molecule has 1 N–H and O–H groups in total. The van der Waals surface area contributed by atoms with Gasteiger partial charge in [-0.1, -0.05) is 5.92 Å². The van der Waals surface area contributed by atoms with Crippen molar-refractivity contribution in [3.05, 3.63) is 30.2 Å². The smallest absolute Gasteiger partial charge is 0.153 e. The summed E-state index contributed by atoms with van der Waals surface area (Å²) in [6.45, 7) is 0.0837. The Kier molecular flexibility index (Phi) is 2.43. The summed E-state index contributed by atoms with van der Waals surface area (Å²) in [7, 11) is 0. The zero-order valence-electron chi connectivity index (χ0n) is 7.51. The number of hydrogen-bond donors (Lipinski definition) is 1. The minimum Gasteiger partial charge on any atom is -0.395 e. The Morgan fingerprint density at radius 1 is 1.43 bits per heavy atom. The van der Waals surface area contributed by atoms with E-state index in [1.54, 1.807) is 16.9 Å². The van der Waals surface area contributed by atoms with Gasteiger partial charge in [0.1, 0.15) is 5.69 Å². The molecule has 0 aliphatic carbocycles. The van der Waals surface area contributed by atoms with Gasteiger partial charge in [0.25, 0.3) is 0 Å². The van der Waals surface area contributed by atoms with Crippen LogP contribution in [0.2, 0.25) is 0 Å². The topological polar surface area (TPSA) is 50.4 Å². The second-order valence-electron chi connectivity index (χ2n) is 2.72. The highest BCUT2D eigenvalue weighted by molar-refractivity contribution is 5.39. The molecule has 2 aromatic heterocycles. The van der Waals surface area contributed by atoms with E-state index in [9.17, 15) is 0 Å². The maximum Gasteiger partial charge on any atom is 0.153 e. The highest BCUT2D eigenvalue weighted by atomic mass is 16.2. The van der Waals surface area contributed by atoms with E-state index in [-0.39, 0.29) is 6.61 Å². The van der Waals surface area contributed by atoms with Crippen molar-refractivity contribution in [1.29, 1.82) is 0 Å². The fourth-order valence-corrected chi connectivity index (χ4v) is 1.09. The Morgan fingerprint density at radius 3 is 3.21 bits per heavy atom. The van der Waals surface area contributed by atoms with E-state index >= 15 is 0 Å². The van der Waals surface area contributed by atoms with E-state index in [4.69, 9.17) is 5.11 Å². The van der Waals surface area contributed by atoms with Crippen LogP contribution >= 0.6 is 0 Å². The fourth-order valence-electron chi connectivity index (χ4n) is 1.09. The molecule has 0 spiro atoms. The van der Waals surface area contributed by atoms with E-state index in [1.165, 1.54) is 0 Å². The second-order valence-corrected chi connectivity index (χ2v) is 2.72. The van der Waals surface area contributed by atoms with Gasteiger partial charge in [-0.15, -0.1) is 0 Å². The number of hydrogen-bond acceptors (Lipinski definition) is 3. The lowest BCUT2D eigenvalue weighted by atomic mass is 10.3. The van der Waals surface area contributed by atoms with Gasteiger partial charge in [-0.25, -0.2) is 9.50 Å². The summed E-state index contributed by atoms with van der Waals surface area (Å²) in [5.41, 5.74) is 1.49. The molecule has 2 rings (SSSR count). The van der Waals surface area contributed by atoms with Crippen LogP contribution in [-0.2, 0) is 0 Å². The Hall–Kier alpha value is -1.86. The van der Waals surface area contributed by atoms with Gasteiger partial charge in [0.2, 0.25) is 0 Å². The van der Waals surface area contributed by atoms with E-state index in [0.717, 1.165) is 5.65 Å². The molecule has 0 unspecified atom stereocenters. The minimum absolute atomic E-state index is 0.0837. The molecule has 4 heteroatoms. The maximum atomic E-state index is 8.54. The molecular weight excluding hydrogens is 178 g/mol. The van der Waals surface area contributed by atoms with Crippen molar-refractivity contribution < 1.29 is 5.11 Å². The first-order valence-electron chi connectivity index (χ1n) is 4.30. The van der Waals surface area contributed by atoms with Crippen molar-refractivity contribution in [2.24, 2.45) is 0 Å². The van der Waals surface area contributed by atoms with Crippen LogP contribution in [0.5, 0.6) is 0 Å². The average Bonchev–Trinajstić information content (AvgIpc) is 2.65. The SMILES string of the molecule is OCCC#Cc1ccc2nccn2n1. The largest absolute Gasteiger partial charge is 0.395 e. The maximum absolute atomic E-state index is 8.54. The Bertz CT molecular complexity index is 493. The van der Waals surface area contributed by atoms with Crippen LogP contribution in [0.1, 0.15) is 12.1 Å². The summed E-state index contributed by atoms with van der Waals surface area (Å²) >= 11 is 0. The molecule has 0 amide bonds. The van der Waals surface area contributed by atoms with Crippen molar-refractivity contribution in [3.63, 3.8) is 0 Å². The normalized spacial score (nSPS) is 9.79. The molecule has 0 bridgehead atoms. The van der Waals surface area contributed by atoms with Gasteiger partial charge in [-0.3, -0.25) is 0 Å². The number of rotatable bonds is 1. The van der Waals surface area contributed by atoms with Crippen LogP contribution in [0, 0.1) is 11.8 Å². The van der Waals surface area contributed by atoms with Gasteiger partial charge in [0.05, 0.1) is 6.61 Å². The third-order valence-corrected chi connectivity index (χ3v) is 1.71. The van der Waals surface area contributed by atoms with Crippen molar-refractivity contribution in [1.82, 2.24) is 14.6 Å². The van der Waals surface area contributed by atoms with Crippen molar-refractivity contribution in [2.45, 2.75) is 6.42 Å². The van der Waals surface area contributed by atoms with Crippen LogP contribution in [0.15, 0.2) is 24.5 Å². The number of aliphatic hydroxyl groups is 1. The molecular formula is C10H9N3O. The summed E-state index contributed by atoms with van der Waals surface area (Å²) in [4.78, 5) is 4.07. The molecule has 0 fully saturated rings. The first kappa shape index (κ1) is 8.73. The van der Waals surface area contributed by atoms with E-state index in [2.05, 4.69) is 21.9 Å². The highest BCUT2D eigenvalue weighted by Crippen LogP contribution is 1.98. The zero-order valence-corrected chi connectivity index (χ0v) is 7.51. The van der Waals surface area contributed by atoms with Crippen LogP contribution in [0.3, 0.4) is 0 Å². The summed E-state index contributed by atoms with van der Waals surface area (Å²) in [6, 6.07) is 3.67. The standard InChI is InChI=1S/C10H9N3O/c14-8-2-1-3-9-4-5-10-11-6-7-13(10)12-9/h4-7,14H,2,8H2. The molecule has 0 aromatic carbocycles. The van der Waals surface area contributed by atoms with Gasteiger partial charge >= 0.3 is 0 Å². The molecule has 2 aromatic rings. The number of fused-ring (bicyclic) bond motifs is 1. The molecule has 0 atom stereocenters. The molecule has 4 nitrogen and oxygen atoms in total. The van der Waals surface area contributed by atoms with E-state index in [0.29, 0.717) is 12.1 Å². The second kappa shape index (κ2) is 3.90. The predicted octanol–water partition coefficient (Wildman–Crippen LogP) is 0.463. The lowest BCUT2D eigenvalue weighted by Gasteiger charge is -1.92. The zero-order chi connectivity index (χ0) is 9.80. The van der Waals surface area contributed by atoms with Crippen molar-refractivity contribution in [3.8, 4) is 11.8 Å². The third-order valence-electron chi connectivity index (χ3n) is 1.71. The Morgan fingerprint density at radius 2 is 2.36 bits per heavy atom. The van der Waals surface area contributed by atoms with E-state index in [1.807, 2.05) is 12.1 Å². The minimum atomic E-state index is 0.0837. The highest BCUT2D eigenvalue weighted by Gasteiger charge is 1.94. The van der Waals surface area contributed by atoms with E-state index < -0.39 is 0 Å². The Balaban J connectivity index is 2.31. The van der Waals surface area contributed by atoms with Crippen molar-refractivity contribution >= 4 is 5.65 Å². The molecule has 2 heterocycles. The quantitative estimate of drug-likeness (QED) is 0.660. The fraction of sp³-hybridized carbons (Fsp3) is 0.200. The lowest BCUT2D eigenvalue weighted by molar-refractivity contribution is 0.305. The van der Waals surface area contributed by atoms with Gasteiger partial charge in [-0.2, -0.15) is 5.10 Å². The van der Waals surface area contributed by atoms with Crippen LogP contribution < -0.4 is 0 Å². The summed E-state index contributed by atoms with van der Waals surface area (Å²) in [5.74, 6) is 5.67. The van der Waals surface area contributed by atoms with Gasteiger partial charge < -0.3 is 5.11 Å². The number of aliphatic hydroxyl groups excluding tert-OH is 1. The molecule has 0 aliphatic rings. The summed E-state index contributed by atoms with van der Waals surface area (Å²) < 4.78 is 1.67.